The first-order valence-corrected chi connectivity index (χ1v) is 11.0. The highest BCUT2D eigenvalue weighted by molar-refractivity contribution is 6.55. The zero-order valence-electron chi connectivity index (χ0n) is 18.1. The summed E-state index contributed by atoms with van der Waals surface area (Å²) in [5.74, 6) is 0.896. The van der Waals surface area contributed by atoms with Crippen molar-refractivity contribution in [1.29, 1.82) is 0 Å². The Balaban J connectivity index is 2.23. The first kappa shape index (κ1) is 24.3. The fraction of sp³-hybridized carbons (Fsp3) is 0.400. The molecule has 0 fully saturated rings. The second kappa shape index (κ2) is 11.4. The minimum absolute atomic E-state index is 0.0805. The number of hydrogen-bond acceptors (Lipinski definition) is 3. The Hall–Kier alpha value is -1.97. The Labute approximate surface area is 190 Å². The number of carbonyl (C=O) groups excluding carboxylic acids is 1. The van der Waals surface area contributed by atoms with Crippen molar-refractivity contribution in [3.8, 4) is 11.5 Å². The minimum atomic E-state index is -0.388. The van der Waals surface area contributed by atoms with E-state index in [1.54, 1.807) is 6.08 Å². The van der Waals surface area contributed by atoms with E-state index in [9.17, 15) is 4.79 Å². The van der Waals surface area contributed by atoms with E-state index in [1.165, 1.54) is 0 Å². The van der Waals surface area contributed by atoms with Crippen molar-refractivity contribution in [2.75, 3.05) is 0 Å². The number of esters is 1. The van der Waals surface area contributed by atoms with Crippen molar-refractivity contribution >= 4 is 29.2 Å². The fourth-order valence-corrected chi connectivity index (χ4v) is 3.97. The van der Waals surface area contributed by atoms with E-state index in [2.05, 4.69) is 0 Å². The van der Waals surface area contributed by atoms with Crippen molar-refractivity contribution in [1.82, 2.24) is 0 Å². The molecule has 0 bridgehead atoms. The zero-order chi connectivity index (χ0) is 22.3. The SMILES string of the molecule is CC(C)C(OC(=O)C(C(C)C)C(C)C=C(Cl)Cl)c1cccc(Oc2ccccc2)c1. The molecule has 2 aromatic carbocycles. The van der Waals surface area contributed by atoms with Crippen molar-refractivity contribution in [3.63, 3.8) is 0 Å². The highest BCUT2D eigenvalue weighted by Crippen LogP contribution is 2.33. The molecule has 2 rings (SSSR count). The van der Waals surface area contributed by atoms with E-state index >= 15 is 0 Å². The second-order valence-corrected chi connectivity index (χ2v) is 9.18. The number of rotatable bonds is 9. The van der Waals surface area contributed by atoms with Gasteiger partial charge in [0.05, 0.1) is 5.92 Å². The molecule has 30 heavy (non-hydrogen) atoms. The zero-order valence-corrected chi connectivity index (χ0v) is 19.7. The third kappa shape index (κ3) is 7.07. The van der Waals surface area contributed by atoms with Crippen LogP contribution in [0.5, 0.6) is 11.5 Å². The number of halogens is 2. The molecule has 0 spiro atoms. The van der Waals surface area contributed by atoms with Crippen molar-refractivity contribution < 1.29 is 14.3 Å². The molecule has 0 aromatic heterocycles. The normalized spacial score (nSPS) is 14.2. The van der Waals surface area contributed by atoms with E-state index in [0.717, 1.165) is 11.3 Å². The molecular formula is C25H30Cl2O3. The first-order valence-electron chi connectivity index (χ1n) is 10.2. The average molecular weight is 449 g/mol. The summed E-state index contributed by atoms with van der Waals surface area (Å²) in [6.45, 7) is 9.99. The molecule has 5 heteroatoms. The minimum Gasteiger partial charge on any atom is -0.457 e. The lowest BCUT2D eigenvalue weighted by molar-refractivity contribution is -0.160. The van der Waals surface area contributed by atoms with Gasteiger partial charge in [0.2, 0.25) is 0 Å². The molecule has 3 unspecified atom stereocenters. The lowest BCUT2D eigenvalue weighted by Crippen LogP contribution is -2.30. The first-order chi connectivity index (χ1) is 14.2. The van der Waals surface area contributed by atoms with Crippen LogP contribution in [-0.2, 0) is 9.53 Å². The van der Waals surface area contributed by atoms with Gasteiger partial charge in [-0.25, -0.2) is 0 Å². The molecule has 3 nitrogen and oxygen atoms in total. The van der Waals surface area contributed by atoms with Gasteiger partial charge in [0.15, 0.2) is 0 Å². The quantitative estimate of drug-likeness (QED) is 0.365. The number of benzene rings is 2. The third-order valence-electron chi connectivity index (χ3n) is 4.96. The molecule has 0 aliphatic carbocycles. The summed E-state index contributed by atoms with van der Waals surface area (Å²) in [6.07, 6.45) is 1.30. The molecular weight excluding hydrogens is 419 g/mol. The molecule has 0 aliphatic heterocycles. The number of hydrogen-bond donors (Lipinski definition) is 0. The van der Waals surface area contributed by atoms with Crippen LogP contribution in [0.3, 0.4) is 0 Å². The van der Waals surface area contributed by atoms with Gasteiger partial charge in [-0.3, -0.25) is 4.79 Å². The predicted molar refractivity (Wildman–Crippen MR) is 124 cm³/mol. The highest BCUT2D eigenvalue weighted by Gasteiger charge is 2.32. The largest absolute Gasteiger partial charge is 0.457 e. The van der Waals surface area contributed by atoms with Crippen molar-refractivity contribution in [2.24, 2.45) is 23.7 Å². The van der Waals surface area contributed by atoms with Crippen LogP contribution in [0.2, 0.25) is 0 Å². The van der Waals surface area contributed by atoms with Gasteiger partial charge in [0, 0.05) is 0 Å². The summed E-state index contributed by atoms with van der Waals surface area (Å²) < 4.78 is 12.1. The van der Waals surface area contributed by atoms with Gasteiger partial charge >= 0.3 is 5.97 Å². The maximum absolute atomic E-state index is 13.1. The van der Waals surface area contributed by atoms with Gasteiger partial charge in [0.25, 0.3) is 0 Å². The van der Waals surface area contributed by atoms with Crippen LogP contribution < -0.4 is 4.74 Å². The third-order valence-corrected chi connectivity index (χ3v) is 5.21. The summed E-state index contributed by atoms with van der Waals surface area (Å²) >= 11 is 11.6. The summed E-state index contributed by atoms with van der Waals surface area (Å²) in [4.78, 5) is 13.1. The number of allylic oxidation sites excluding steroid dienone is 1. The molecule has 0 aliphatic rings. The van der Waals surface area contributed by atoms with Gasteiger partial charge < -0.3 is 9.47 Å². The molecule has 0 radical (unpaired) electrons. The molecule has 0 N–H and O–H groups in total. The average Bonchev–Trinajstić information content (AvgIpc) is 2.66. The molecule has 0 saturated heterocycles. The summed E-state index contributed by atoms with van der Waals surface area (Å²) in [5.41, 5.74) is 0.896. The van der Waals surface area contributed by atoms with Crippen LogP contribution in [0.15, 0.2) is 65.2 Å². The van der Waals surface area contributed by atoms with E-state index in [4.69, 9.17) is 32.7 Å². The van der Waals surface area contributed by atoms with Gasteiger partial charge in [-0.2, -0.15) is 0 Å². The summed E-state index contributed by atoms with van der Waals surface area (Å²) in [6, 6.07) is 17.3. The number of ether oxygens (including phenoxy) is 2. The maximum Gasteiger partial charge on any atom is 0.310 e. The molecule has 3 atom stereocenters. The number of para-hydroxylation sites is 1. The van der Waals surface area contributed by atoms with Gasteiger partial charge in [-0.05, 0) is 47.6 Å². The summed E-state index contributed by atoms with van der Waals surface area (Å²) in [5, 5.41) is 0. The topological polar surface area (TPSA) is 35.5 Å². The van der Waals surface area contributed by atoms with Crippen LogP contribution in [0.4, 0.5) is 0 Å². The van der Waals surface area contributed by atoms with E-state index in [0.29, 0.717) is 5.75 Å². The molecule has 0 heterocycles. The maximum atomic E-state index is 13.1. The van der Waals surface area contributed by atoms with Gasteiger partial charge in [0.1, 0.15) is 22.1 Å². The molecule has 0 amide bonds. The second-order valence-electron chi connectivity index (χ2n) is 8.17. The lowest BCUT2D eigenvalue weighted by Gasteiger charge is -2.28. The highest BCUT2D eigenvalue weighted by atomic mass is 35.5. The Kier molecular flexibility index (Phi) is 9.26. The van der Waals surface area contributed by atoms with Gasteiger partial charge in [-0.15, -0.1) is 0 Å². The summed E-state index contributed by atoms with van der Waals surface area (Å²) in [7, 11) is 0. The monoisotopic (exact) mass is 448 g/mol. The van der Waals surface area contributed by atoms with Crippen molar-refractivity contribution in [3.05, 3.63) is 70.7 Å². The predicted octanol–water partition coefficient (Wildman–Crippen LogP) is 7.95. The standard InChI is InChI=1S/C25H30Cl2O3/c1-16(2)23(18(5)14-22(26)27)25(28)30-24(17(3)4)19-10-9-13-21(15-19)29-20-11-7-6-8-12-20/h6-18,23-24H,1-5H3. The van der Waals surface area contributed by atoms with E-state index in [-0.39, 0.29) is 40.2 Å². The Bertz CT molecular complexity index is 842. The van der Waals surface area contributed by atoms with Crippen LogP contribution in [0, 0.1) is 23.7 Å². The molecule has 0 saturated carbocycles. The number of carbonyl (C=O) groups is 1. The van der Waals surface area contributed by atoms with E-state index in [1.807, 2.05) is 89.2 Å². The van der Waals surface area contributed by atoms with Crippen LogP contribution in [0.1, 0.15) is 46.3 Å². The fourth-order valence-electron chi connectivity index (χ4n) is 3.57. The lowest BCUT2D eigenvalue weighted by atomic mass is 9.84. The molecule has 2 aromatic rings. The van der Waals surface area contributed by atoms with Gasteiger partial charge in [-0.1, -0.05) is 94.2 Å². The van der Waals surface area contributed by atoms with Crippen molar-refractivity contribution in [2.45, 2.75) is 40.7 Å². The Morgan fingerprint density at radius 3 is 2.07 bits per heavy atom. The van der Waals surface area contributed by atoms with E-state index < -0.39 is 0 Å². The smallest absolute Gasteiger partial charge is 0.310 e. The molecule has 162 valence electrons. The Morgan fingerprint density at radius 2 is 1.50 bits per heavy atom. The van der Waals surface area contributed by atoms with Crippen LogP contribution >= 0.6 is 23.2 Å². The van der Waals surface area contributed by atoms with Crippen LogP contribution in [0.25, 0.3) is 0 Å². The van der Waals surface area contributed by atoms with Crippen LogP contribution in [-0.4, -0.2) is 5.97 Å². The Morgan fingerprint density at radius 1 is 0.867 bits per heavy atom.